The molecule has 3 rings (SSSR count). The molecule has 1 heterocycles. The van der Waals surface area contributed by atoms with E-state index in [4.69, 9.17) is 9.47 Å². The van der Waals surface area contributed by atoms with E-state index in [2.05, 4.69) is 32.1 Å². The molecular weight excluding hydrogens is 380 g/mol. The quantitative estimate of drug-likeness (QED) is 0.639. The SMILES string of the molecule is CCC(C)(C)C(=O)O[C@H]1C[C@@H](C)C=C2C=C[C@H](C)[C@H](CC[C@@H]3C[C@H](O)CC(=O)O3)[C@@H]21. The van der Waals surface area contributed by atoms with Crippen LogP contribution in [0, 0.1) is 29.1 Å². The van der Waals surface area contributed by atoms with Crippen LogP contribution in [0.5, 0.6) is 0 Å². The summed E-state index contributed by atoms with van der Waals surface area (Å²) in [4.78, 5) is 24.6. The molecule has 0 aromatic carbocycles. The van der Waals surface area contributed by atoms with Crippen molar-refractivity contribution >= 4 is 11.9 Å². The molecule has 168 valence electrons. The van der Waals surface area contributed by atoms with Crippen molar-refractivity contribution in [3.63, 3.8) is 0 Å². The van der Waals surface area contributed by atoms with Crippen molar-refractivity contribution in [3.8, 4) is 0 Å². The van der Waals surface area contributed by atoms with Crippen LogP contribution in [0.15, 0.2) is 23.8 Å². The van der Waals surface area contributed by atoms with Crippen LogP contribution in [-0.2, 0) is 19.1 Å². The summed E-state index contributed by atoms with van der Waals surface area (Å²) in [5, 5.41) is 9.92. The van der Waals surface area contributed by atoms with E-state index in [1.807, 2.05) is 20.8 Å². The molecule has 5 nitrogen and oxygen atoms in total. The second-order valence-electron chi connectivity index (χ2n) is 10.3. The molecule has 0 bridgehead atoms. The highest BCUT2D eigenvalue weighted by Crippen LogP contribution is 2.45. The first-order valence-electron chi connectivity index (χ1n) is 11.6. The highest BCUT2D eigenvalue weighted by atomic mass is 16.6. The van der Waals surface area contributed by atoms with E-state index in [0.29, 0.717) is 24.2 Å². The van der Waals surface area contributed by atoms with Gasteiger partial charge in [0.2, 0.25) is 0 Å². The van der Waals surface area contributed by atoms with Gasteiger partial charge < -0.3 is 14.6 Å². The third-order valence-electron chi connectivity index (χ3n) is 7.35. The third kappa shape index (κ3) is 5.16. The maximum Gasteiger partial charge on any atom is 0.311 e. The zero-order valence-corrected chi connectivity index (χ0v) is 19.1. The zero-order valence-electron chi connectivity index (χ0n) is 19.1. The molecule has 0 amide bonds. The molecule has 3 aliphatic rings. The molecule has 1 aliphatic heterocycles. The van der Waals surface area contributed by atoms with Crippen molar-refractivity contribution in [3.05, 3.63) is 23.8 Å². The van der Waals surface area contributed by atoms with E-state index in [1.165, 1.54) is 5.57 Å². The average molecular weight is 419 g/mol. The molecule has 0 unspecified atom stereocenters. The van der Waals surface area contributed by atoms with Crippen molar-refractivity contribution < 1.29 is 24.2 Å². The maximum atomic E-state index is 12.9. The number of carbonyl (C=O) groups is 2. The largest absolute Gasteiger partial charge is 0.462 e. The van der Waals surface area contributed by atoms with Crippen molar-refractivity contribution in [2.24, 2.45) is 29.1 Å². The second kappa shape index (κ2) is 9.25. The lowest BCUT2D eigenvalue weighted by molar-refractivity contribution is -0.166. The fraction of sp³-hybridized carbons (Fsp3) is 0.760. The minimum atomic E-state index is -0.601. The molecule has 1 saturated heterocycles. The Hall–Kier alpha value is -1.62. The highest BCUT2D eigenvalue weighted by molar-refractivity contribution is 5.76. The van der Waals surface area contributed by atoms with Gasteiger partial charge in [-0.15, -0.1) is 0 Å². The first kappa shape index (κ1) is 23.1. The summed E-state index contributed by atoms with van der Waals surface area (Å²) in [7, 11) is 0. The van der Waals surface area contributed by atoms with Crippen LogP contribution in [0.4, 0.5) is 0 Å². The number of cyclic esters (lactones) is 1. The standard InChI is InChI=1S/C25H38O5/c1-6-25(4,5)24(28)30-21-12-15(2)11-17-8-7-16(3)20(23(17)21)10-9-19-13-18(26)14-22(27)29-19/h7-8,11,15-16,18-21,23,26H,6,9-10,12-14H2,1-5H3/t15-,16-,18-,19+,20-,21-,23+/m0/s1. The van der Waals surface area contributed by atoms with E-state index in [-0.39, 0.29) is 36.5 Å². The molecule has 2 aliphatic carbocycles. The summed E-state index contributed by atoms with van der Waals surface area (Å²) >= 11 is 0. The monoisotopic (exact) mass is 418 g/mol. The molecular formula is C25H38O5. The normalized spacial score (nSPS) is 36.5. The van der Waals surface area contributed by atoms with Gasteiger partial charge in [-0.1, -0.05) is 39.0 Å². The van der Waals surface area contributed by atoms with Crippen LogP contribution in [0.1, 0.15) is 73.1 Å². The number of aliphatic hydroxyl groups excluding tert-OH is 1. The minimum absolute atomic E-state index is 0.0949. The lowest BCUT2D eigenvalue weighted by Crippen LogP contribution is -2.43. The summed E-state index contributed by atoms with van der Waals surface area (Å²) in [5.74, 6) is 0.776. The molecule has 0 spiro atoms. The molecule has 7 atom stereocenters. The summed E-state index contributed by atoms with van der Waals surface area (Å²) in [5.41, 5.74) is 0.785. The molecule has 1 fully saturated rings. The molecule has 0 radical (unpaired) electrons. The molecule has 5 heteroatoms. The van der Waals surface area contributed by atoms with Gasteiger partial charge in [0.25, 0.3) is 0 Å². The predicted octanol–water partition coefficient (Wildman–Crippen LogP) is 4.59. The molecule has 0 aromatic heterocycles. The predicted molar refractivity (Wildman–Crippen MR) is 115 cm³/mol. The number of hydrogen-bond donors (Lipinski definition) is 1. The Morgan fingerprint density at radius 1 is 1.27 bits per heavy atom. The van der Waals surface area contributed by atoms with Crippen LogP contribution in [0.3, 0.4) is 0 Å². The van der Waals surface area contributed by atoms with Crippen molar-refractivity contribution in [1.82, 2.24) is 0 Å². The molecule has 0 saturated carbocycles. The third-order valence-corrected chi connectivity index (χ3v) is 7.35. The summed E-state index contributed by atoms with van der Waals surface area (Å²) < 4.78 is 11.6. The summed E-state index contributed by atoms with van der Waals surface area (Å²) in [6.45, 7) is 10.3. The Morgan fingerprint density at radius 2 is 2.00 bits per heavy atom. The number of ether oxygens (including phenoxy) is 2. The van der Waals surface area contributed by atoms with Gasteiger partial charge in [0.1, 0.15) is 12.2 Å². The minimum Gasteiger partial charge on any atom is -0.462 e. The number of aliphatic hydroxyl groups is 1. The first-order chi connectivity index (χ1) is 14.1. The Bertz CT molecular complexity index is 706. The summed E-state index contributed by atoms with van der Waals surface area (Å²) in [6.07, 6.45) is 9.61. The number of allylic oxidation sites excluding steroid dienone is 3. The van der Waals surface area contributed by atoms with E-state index < -0.39 is 11.5 Å². The van der Waals surface area contributed by atoms with E-state index in [9.17, 15) is 14.7 Å². The van der Waals surface area contributed by atoms with Crippen molar-refractivity contribution in [2.75, 3.05) is 0 Å². The van der Waals surface area contributed by atoms with Gasteiger partial charge in [-0.05, 0) is 62.9 Å². The van der Waals surface area contributed by atoms with Gasteiger partial charge in [0.05, 0.1) is 17.9 Å². The van der Waals surface area contributed by atoms with Gasteiger partial charge >= 0.3 is 11.9 Å². The first-order valence-corrected chi connectivity index (χ1v) is 11.6. The van der Waals surface area contributed by atoms with E-state index >= 15 is 0 Å². The number of esters is 2. The van der Waals surface area contributed by atoms with E-state index in [0.717, 1.165) is 25.7 Å². The zero-order chi connectivity index (χ0) is 22.1. The van der Waals surface area contributed by atoms with Crippen molar-refractivity contribution in [2.45, 2.75) is 91.5 Å². The van der Waals surface area contributed by atoms with Crippen LogP contribution >= 0.6 is 0 Å². The van der Waals surface area contributed by atoms with Crippen LogP contribution < -0.4 is 0 Å². The topological polar surface area (TPSA) is 72.8 Å². The highest BCUT2D eigenvalue weighted by Gasteiger charge is 2.43. The van der Waals surface area contributed by atoms with Gasteiger partial charge in [-0.2, -0.15) is 0 Å². The maximum absolute atomic E-state index is 12.9. The molecule has 0 aromatic rings. The number of hydrogen-bond acceptors (Lipinski definition) is 5. The van der Waals surface area contributed by atoms with Gasteiger partial charge in [0.15, 0.2) is 0 Å². The number of rotatable bonds is 6. The molecule has 30 heavy (non-hydrogen) atoms. The van der Waals surface area contributed by atoms with Crippen LogP contribution in [0.2, 0.25) is 0 Å². The summed E-state index contributed by atoms with van der Waals surface area (Å²) in [6, 6.07) is 0. The fourth-order valence-corrected chi connectivity index (χ4v) is 5.08. The van der Waals surface area contributed by atoms with E-state index in [1.54, 1.807) is 0 Å². The lowest BCUT2D eigenvalue weighted by atomic mass is 9.65. The smallest absolute Gasteiger partial charge is 0.311 e. The number of carbonyl (C=O) groups excluding carboxylic acids is 2. The Kier molecular flexibility index (Phi) is 7.11. The fourth-order valence-electron chi connectivity index (χ4n) is 5.08. The van der Waals surface area contributed by atoms with Gasteiger partial charge in [-0.25, -0.2) is 0 Å². The van der Waals surface area contributed by atoms with Gasteiger partial charge in [0, 0.05) is 12.3 Å². The van der Waals surface area contributed by atoms with Crippen LogP contribution in [-0.4, -0.2) is 35.4 Å². The molecule has 1 N–H and O–H groups in total. The Labute approximate surface area is 180 Å². The Morgan fingerprint density at radius 3 is 2.67 bits per heavy atom. The second-order valence-corrected chi connectivity index (χ2v) is 10.3. The van der Waals surface area contributed by atoms with Gasteiger partial charge in [-0.3, -0.25) is 9.59 Å². The average Bonchev–Trinajstić information content (AvgIpc) is 2.66. The number of fused-ring (bicyclic) bond motifs is 1. The lowest BCUT2D eigenvalue weighted by Gasteiger charge is -2.44. The Balaban J connectivity index is 1.76. The van der Waals surface area contributed by atoms with Crippen molar-refractivity contribution in [1.29, 1.82) is 0 Å². The van der Waals surface area contributed by atoms with Crippen LogP contribution in [0.25, 0.3) is 0 Å².